The summed E-state index contributed by atoms with van der Waals surface area (Å²) in [5.41, 5.74) is 1.30. The molecule has 4 nitrogen and oxygen atoms in total. The number of fused-ring (bicyclic) bond motifs is 1. The van der Waals surface area contributed by atoms with Crippen LogP contribution < -0.4 is 0 Å². The van der Waals surface area contributed by atoms with E-state index in [-0.39, 0.29) is 48.3 Å². The Labute approximate surface area is 178 Å². The normalized spacial score (nSPS) is 20.7. The second-order valence-electron chi connectivity index (χ2n) is 7.54. The van der Waals surface area contributed by atoms with Crippen molar-refractivity contribution < 1.29 is 22.4 Å². The molecule has 0 radical (unpaired) electrons. The number of hydrogen-bond donors (Lipinski definition) is 1. The lowest BCUT2D eigenvalue weighted by Crippen LogP contribution is -2.43. The average Bonchev–Trinajstić information content (AvgIpc) is 3.20. The third kappa shape index (κ3) is 3.88. The number of H-pyrrole nitrogens is 1. The number of rotatable bonds is 3. The molecule has 2 aliphatic heterocycles. The second kappa shape index (κ2) is 7.54. The first-order valence-corrected chi connectivity index (χ1v) is 10.5. The van der Waals surface area contributed by atoms with E-state index in [2.05, 4.69) is 20.9 Å². The molecular formula is C19H18BrF4N3OS. The molecule has 29 heavy (non-hydrogen) atoms. The Morgan fingerprint density at radius 3 is 2.66 bits per heavy atom. The lowest BCUT2D eigenvalue weighted by Gasteiger charge is -2.31. The molecule has 0 unspecified atom stereocenters. The molecule has 1 fully saturated rings. The van der Waals surface area contributed by atoms with Gasteiger partial charge in [0.15, 0.2) is 4.77 Å². The van der Waals surface area contributed by atoms with E-state index in [0.29, 0.717) is 23.4 Å². The summed E-state index contributed by atoms with van der Waals surface area (Å²) in [6.45, 7) is 0.332. The van der Waals surface area contributed by atoms with Crippen LogP contribution >= 0.6 is 28.1 Å². The number of piperidine rings is 1. The summed E-state index contributed by atoms with van der Waals surface area (Å²) in [5.74, 6) is -4.69. The summed E-state index contributed by atoms with van der Waals surface area (Å²) in [5, 5.41) is 0. The van der Waals surface area contributed by atoms with Crippen molar-refractivity contribution in [2.24, 2.45) is 0 Å². The van der Waals surface area contributed by atoms with Crippen molar-refractivity contribution in [2.75, 3.05) is 13.1 Å². The van der Waals surface area contributed by atoms with Crippen LogP contribution in [0, 0.1) is 16.4 Å². The fourth-order valence-corrected chi connectivity index (χ4v) is 4.76. The molecule has 0 saturated carbocycles. The van der Waals surface area contributed by atoms with Gasteiger partial charge in [-0.15, -0.1) is 0 Å². The number of aromatic amines is 1. The number of likely N-dealkylation sites (tertiary alicyclic amines) is 1. The summed E-state index contributed by atoms with van der Waals surface area (Å²) in [7, 11) is 0. The van der Waals surface area contributed by atoms with E-state index in [1.165, 1.54) is 17.0 Å². The summed E-state index contributed by atoms with van der Waals surface area (Å²) in [6.07, 6.45) is -0.357. The van der Waals surface area contributed by atoms with Crippen LogP contribution in [0.3, 0.4) is 0 Å². The molecule has 156 valence electrons. The molecule has 1 saturated heterocycles. The monoisotopic (exact) mass is 491 g/mol. The first kappa shape index (κ1) is 20.6. The smallest absolute Gasteiger partial charge is 0.251 e. The molecule has 2 aromatic rings. The summed E-state index contributed by atoms with van der Waals surface area (Å²) in [6, 6.07) is 2.54. The van der Waals surface area contributed by atoms with Crippen LogP contribution in [0.1, 0.15) is 35.7 Å². The van der Waals surface area contributed by atoms with Gasteiger partial charge in [0.2, 0.25) is 5.91 Å². The van der Waals surface area contributed by atoms with Crippen molar-refractivity contribution in [1.82, 2.24) is 14.5 Å². The van der Waals surface area contributed by atoms with Gasteiger partial charge in [-0.2, -0.15) is 0 Å². The van der Waals surface area contributed by atoms with E-state index in [0.717, 1.165) is 5.69 Å². The quantitative estimate of drug-likeness (QED) is 0.383. The van der Waals surface area contributed by atoms with Crippen LogP contribution in [0.4, 0.5) is 17.6 Å². The van der Waals surface area contributed by atoms with Gasteiger partial charge in [0, 0.05) is 55.3 Å². The van der Waals surface area contributed by atoms with Crippen LogP contribution in [0.25, 0.3) is 0 Å². The number of halogens is 5. The van der Waals surface area contributed by atoms with Gasteiger partial charge in [0.05, 0.1) is 10.9 Å². The highest BCUT2D eigenvalue weighted by Gasteiger charge is 2.36. The molecule has 1 N–H and O–H groups in total. The molecule has 3 heterocycles. The first-order valence-electron chi connectivity index (χ1n) is 9.26. The van der Waals surface area contributed by atoms with Crippen LogP contribution in [-0.4, -0.2) is 39.4 Å². The maximum absolute atomic E-state index is 14.5. The van der Waals surface area contributed by atoms with Gasteiger partial charge in [0.25, 0.3) is 5.92 Å². The van der Waals surface area contributed by atoms with E-state index < -0.39 is 23.5 Å². The largest absolute Gasteiger partial charge is 0.342 e. The molecule has 0 bridgehead atoms. The van der Waals surface area contributed by atoms with E-state index in [9.17, 15) is 22.4 Å². The van der Waals surface area contributed by atoms with Crippen LogP contribution in [0.15, 0.2) is 16.6 Å². The van der Waals surface area contributed by atoms with Gasteiger partial charge in [0.1, 0.15) is 11.6 Å². The van der Waals surface area contributed by atoms with E-state index in [4.69, 9.17) is 12.2 Å². The Morgan fingerprint density at radius 2 is 1.97 bits per heavy atom. The molecular weight excluding hydrogens is 474 g/mol. The Hall–Kier alpha value is -1.68. The number of nitrogens with one attached hydrogen (secondary N) is 1. The average molecular weight is 492 g/mol. The van der Waals surface area contributed by atoms with Gasteiger partial charge in [-0.3, -0.25) is 4.79 Å². The third-order valence-electron chi connectivity index (χ3n) is 5.68. The number of amides is 1. The molecule has 0 aliphatic carbocycles. The standard InChI is InChI=1S/C19H18BrF4N3OS/c20-11-1-2-12(21)16(17(11)22)10-7-14-13(25-18(29)27(14)9-10)8-15(28)26-5-3-19(23,24)4-6-26/h1-2,10H,3-9H2,(H,25,29)/t10-/m0/s1. The Kier molecular flexibility index (Phi) is 5.35. The zero-order chi connectivity index (χ0) is 20.9. The lowest BCUT2D eigenvalue weighted by molar-refractivity contribution is -0.136. The molecule has 1 amide bonds. The van der Waals surface area contributed by atoms with E-state index >= 15 is 0 Å². The Balaban J connectivity index is 1.54. The van der Waals surface area contributed by atoms with Gasteiger partial charge < -0.3 is 14.5 Å². The highest BCUT2D eigenvalue weighted by atomic mass is 79.9. The van der Waals surface area contributed by atoms with Crippen molar-refractivity contribution in [1.29, 1.82) is 0 Å². The van der Waals surface area contributed by atoms with Crippen molar-refractivity contribution in [3.63, 3.8) is 0 Å². The fraction of sp³-hybridized carbons (Fsp3) is 0.474. The lowest BCUT2D eigenvalue weighted by atomic mass is 9.95. The van der Waals surface area contributed by atoms with Gasteiger partial charge in [-0.05, 0) is 46.7 Å². The number of nitrogens with zero attached hydrogens (tertiary/aromatic N) is 2. The predicted molar refractivity (Wildman–Crippen MR) is 105 cm³/mol. The molecule has 1 aromatic carbocycles. The zero-order valence-electron chi connectivity index (χ0n) is 15.3. The molecule has 4 rings (SSSR count). The highest BCUT2D eigenvalue weighted by molar-refractivity contribution is 9.10. The van der Waals surface area contributed by atoms with Crippen molar-refractivity contribution in [3.8, 4) is 0 Å². The minimum absolute atomic E-state index is 0.00624. The molecule has 1 atom stereocenters. The van der Waals surface area contributed by atoms with Crippen LogP contribution in [-0.2, 0) is 24.2 Å². The molecule has 10 heteroatoms. The predicted octanol–water partition coefficient (Wildman–Crippen LogP) is 4.73. The molecule has 0 spiro atoms. The second-order valence-corrected chi connectivity index (χ2v) is 8.78. The SMILES string of the molecule is O=C(Cc1[nH]c(=S)n2c1C[C@H](c1c(F)ccc(Br)c1F)C2)N1CCC(F)(F)CC1. The molecule has 1 aromatic heterocycles. The Bertz CT molecular complexity index is 1030. The number of hydrogen-bond acceptors (Lipinski definition) is 2. The van der Waals surface area contributed by atoms with Gasteiger partial charge in [-0.25, -0.2) is 17.6 Å². The van der Waals surface area contributed by atoms with Crippen LogP contribution in [0.5, 0.6) is 0 Å². The van der Waals surface area contributed by atoms with E-state index in [1.807, 2.05) is 0 Å². The number of carbonyl (C=O) groups is 1. The minimum Gasteiger partial charge on any atom is -0.342 e. The summed E-state index contributed by atoms with van der Waals surface area (Å²) < 4.78 is 57.8. The topological polar surface area (TPSA) is 41.0 Å². The van der Waals surface area contributed by atoms with Gasteiger partial charge >= 0.3 is 0 Å². The summed E-state index contributed by atoms with van der Waals surface area (Å²) >= 11 is 8.41. The number of imidazole rings is 1. The maximum atomic E-state index is 14.5. The highest BCUT2D eigenvalue weighted by Crippen LogP contribution is 2.36. The van der Waals surface area contributed by atoms with Gasteiger partial charge in [-0.1, -0.05) is 0 Å². The van der Waals surface area contributed by atoms with Crippen molar-refractivity contribution in [2.45, 2.75) is 44.1 Å². The third-order valence-corrected chi connectivity index (χ3v) is 6.62. The molecule has 2 aliphatic rings. The van der Waals surface area contributed by atoms with Crippen LogP contribution in [0.2, 0.25) is 0 Å². The minimum atomic E-state index is -2.72. The zero-order valence-corrected chi connectivity index (χ0v) is 17.7. The number of alkyl halides is 2. The number of aromatic nitrogens is 2. The first-order chi connectivity index (χ1) is 13.7. The fourth-order valence-electron chi connectivity index (χ4n) is 4.10. The number of carbonyl (C=O) groups excluding carboxylic acids is 1. The summed E-state index contributed by atoms with van der Waals surface area (Å²) in [4.78, 5) is 17.0. The van der Waals surface area contributed by atoms with Crippen molar-refractivity contribution in [3.05, 3.63) is 50.0 Å². The van der Waals surface area contributed by atoms with E-state index in [1.54, 1.807) is 4.57 Å². The maximum Gasteiger partial charge on any atom is 0.251 e. The Morgan fingerprint density at radius 1 is 1.28 bits per heavy atom. The number of benzene rings is 1. The van der Waals surface area contributed by atoms with Crippen molar-refractivity contribution >= 4 is 34.1 Å².